The third-order valence-electron chi connectivity index (χ3n) is 11.1. The van der Waals surface area contributed by atoms with E-state index in [1.54, 1.807) is 0 Å². The molecule has 3 aromatic heterocycles. The second kappa shape index (κ2) is 12.9. The van der Waals surface area contributed by atoms with Crippen LogP contribution in [-0.4, -0.2) is 19.3 Å². The molecule has 10 rings (SSSR count). The third kappa shape index (κ3) is 5.47. The molecule has 0 spiro atoms. The van der Waals surface area contributed by atoms with E-state index in [0.717, 1.165) is 67.1 Å². The van der Waals surface area contributed by atoms with Crippen LogP contribution in [0.2, 0.25) is 0 Å². The van der Waals surface area contributed by atoms with Crippen molar-refractivity contribution < 1.29 is 21.1 Å². The van der Waals surface area contributed by atoms with Gasteiger partial charge in [-0.05, 0) is 63.4 Å². The molecule has 0 radical (unpaired) electrons. The van der Waals surface area contributed by atoms with Crippen LogP contribution < -0.4 is 4.90 Å². The van der Waals surface area contributed by atoms with Gasteiger partial charge in [-0.25, -0.2) is 4.98 Å². The monoisotopic (exact) mass is 892 g/mol. The molecule has 5 nitrogen and oxygen atoms in total. The minimum atomic E-state index is -0.273. The minimum absolute atomic E-state index is 0. The summed E-state index contributed by atoms with van der Waals surface area (Å²) < 4.78 is 4.33. The molecular formula is C49H39N5Pt. The van der Waals surface area contributed by atoms with Gasteiger partial charge in [0.05, 0.1) is 11.2 Å². The first-order chi connectivity index (χ1) is 26.2. The standard InChI is InChI=1S/C49H39N5.Pt/c1-48(2,3)33-27-28-50-46(29-33)53-42-21-13-10-17-36(42)37-25-23-34(30-44(37)53)52-43-22-14-11-19-39(43)49(4,5)40-26-24-35(31-45(40)52)54-47(32-15-7-6-8-16-32)38-18-9-12-20-41(38)51-54;/h6-29H,1-5H3;/q-2;+2. The summed E-state index contributed by atoms with van der Waals surface area (Å²) in [6.45, 7) is 11.4. The Morgan fingerprint density at radius 2 is 1.35 bits per heavy atom. The van der Waals surface area contributed by atoms with Crippen molar-refractivity contribution in [3.8, 4) is 22.8 Å². The largest absolute Gasteiger partial charge is 2.00 e. The maximum absolute atomic E-state index is 5.17. The summed E-state index contributed by atoms with van der Waals surface area (Å²) in [5, 5.41) is 8.58. The van der Waals surface area contributed by atoms with E-state index in [9.17, 15) is 0 Å². The number of fused-ring (bicyclic) bond motifs is 6. The van der Waals surface area contributed by atoms with Crippen LogP contribution in [-0.2, 0) is 31.9 Å². The van der Waals surface area contributed by atoms with Gasteiger partial charge in [-0.15, -0.1) is 35.2 Å². The molecule has 4 heterocycles. The van der Waals surface area contributed by atoms with Crippen LogP contribution in [0.5, 0.6) is 0 Å². The van der Waals surface area contributed by atoms with Crippen LogP contribution in [0.4, 0.5) is 17.1 Å². The topological polar surface area (TPSA) is 38.9 Å². The van der Waals surface area contributed by atoms with Crippen molar-refractivity contribution in [2.75, 3.05) is 4.90 Å². The number of hydrogen-bond acceptors (Lipinski definition) is 3. The fourth-order valence-corrected chi connectivity index (χ4v) is 8.33. The Bertz CT molecular complexity index is 2910. The van der Waals surface area contributed by atoms with E-state index in [4.69, 9.17) is 10.1 Å². The van der Waals surface area contributed by atoms with E-state index in [1.165, 1.54) is 22.1 Å². The number of anilines is 3. The second-order valence-electron chi connectivity index (χ2n) is 15.8. The first-order valence-corrected chi connectivity index (χ1v) is 18.6. The molecule has 0 bridgehead atoms. The first kappa shape index (κ1) is 35.0. The molecular weight excluding hydrogens is 854 g/mol. The summed E-state index contributed by atoms with van der Waals surface area (Å²) in [4.78, 5) is 7.28. The van der Waals surface area contributed by atoms with Gasteiger partial charge < -0.3 is 9.47 Å². The zero-order valence-corrected chi connectivity index (χ0v) is 33.7. The van der Waals surface area contributed by atoms with Crippen LogP contribution in [0.25, 0.3) is 55.5 Å². The van der Waals surface area contributed by atoms with Crippen molar-refractivity contribution in [1.82, 2.24) is 19.3 Å². The van der Waals surface area contributed by atoms with Gasteiger partial charge in [-0.2, -0.15) is 17.2 Å². The molecule has 6 heteroatoms. The molecule has 0 saturated carbocycles. The number of nitrogens with zero attached hydrogens (tertiary/aromatic N) is 5. The molecule has 0 unspecified atom stereocenters. The van der Waals surface area contributed by atoms with Crippen LogP contribution in [0.15, 0.2) is 146 Å². The molecule has 0 amide bonds. The SMILES string of the molecule is CC(C)(C)c1ccnc(-n2c3[c-]c(N4c5[c-]c(-n6nc7ccccc7c6-c6ccccc6)ccc5C(C)(C)c5ccccc54)ccc3c3ccccc32)c1.[Pt+2]. The van der Waals surface area contributed by atoms with Crippen LogP contribution in [0, 0.1) is 12.1 Å². The Hall–Kier alpha value is -5.77. The summed E-state index contributed by atoms with van der Waals surface area (Å²) in [5.74, 6) is 0.885. The first-order valence-electron chi connectivity index (χ1n) is 18.6. The summed E-state index contributed by atoms with van der Waals surface area (Å²) in [5.41, 5.74) is 12.5. The summed E-state index contributed by atoms with van der Waals surface area (Å²) in [6, 6.07) is 57.3. The quantitative estimate of drug-likeness (QED) is 0.165. The van der Waals surface area contributed by atoms with Gasteiger partial charge >= 0.3 is 21.1 Å². The molecule has 6 aromatic carbocycles. The molecule has 0 saturated heterocycles. The van der Waals surface area contributed by atoms with Gasteiger partial charge in [0.1, 0.15) is 5.82 Å². The molecule has 1 aliphatic heterocycles. The normalized spacial score (nSPS) is 13.5. The Kier molecular flexibility index (Phi) is 8.22. The predicted octanol–water partition coefficient (Wildman–Crippen LogP) is 12.2. The van der Waals surface area contributed by atoms with E-state index in [-0.39, 0.29) is 31.9 Å². The fourth-order valence-electron chi connectivity index (χ4n) is 8.33. The van der Waals surface area contributed by atoms with E-state index < -0.39 is 0 Å². The van der Waals surface area contributed by atoms with Gasteiger partial charge in [0.25, 0.3) is 0 Å². The van der Waals surface area contributed by atoms with E-state index in [2.05, 4.69) is 194 Å². The van der Waals surface area contributed by atoms with E-state index in [0.29, 0.717) is 0 Å². The van der Waals surface area contributed by atoms with Gasteiger partial charge in [0.2, 0.25) is 0 Å². The molecule has 0 aliphatic carbocycles. The van der Waals surface area contributed by atoms with Crippen molar-refractivity contribution in [2.24, 2.45) is 0 Å². The Morgan fingerprint density at radius 1 is 0.636 bits per heavy atom. The van der Waals surface area contributed by atoms with Crippen molar-refractivity contribution >= 4 is 49.8 Å². The molecule has 0 N–H and O–H groups in total. The van der Waals surface area contributed by atoms with E-state index >= 15 is 0 Å². The Labute approximate surface area is 336 Å². The van der Waals surface area contributed by atoms with Crippen molar-refractivity contribution in [1.29, 1.82) is 0 Å². The number of pyridine rings is 1. The zero-order valence-electron chi connectivity index (χ0n) is 31.4. The van der Waals surface area contributed by atoms with Crippen molar-refractivity contribution in [2.45, 2.75) is 45.4 Å². The number of benzene rings is 6. The van der Waals surface area contributed by atoms with Crippen LogP contribution >= 0.6 is 0 Å². The molecule has 1 aliphatic rings. The summed E-state index contributed by atoms with van der Waals surface area (Å²) in [6.07, 6.45) is 1.93. The Balaban J connectivity index is 0.00000397. The average molecular weight is 893 g/mol. The van der Waals surface area contributed by atoms with E-state index in [1.807, 2.05) is 12.3 Å². The third-order valence-corrected chi connectivity index (χ3v) is 11.1. The smallest absolute Gasteiger partial charge is 0.358 e. The zero-order chi connectivity index (χ0) is 36.8. The van der Waals surface area contributed by atoms with Crippen LogP contribution in [0.3, 0.4) is 0 Å². The van der Waals surface area contributed by atoms with Gasteiger partial charge in [-0.3, -0.25) is 4.68 Å². The Morgan fingerprint density at radius 3 is 2.16 bits per heavy atom. The molecule has 270 valence electrons. The molecule has 55 heavy (non-hydrogen) atoms. The fraction of sp³-hybridized carbons (Fsp3) is 0.143. The molecule has 0 atom stereocenters. The summed E-state index contributed by atoms with van der Waals surface area (Å²) >= 11 is 0. The number of aromatic nitrogens is 4. The number of rotatable bonds is 4. The van der Waals surface area contributed by atoms with Gasteiger partial charge in [0.15, 0.2) is 0 Å². The maximum atomic E-state index is 5.17. The maximum Gasteiger partial charge on any atom is 2.00 e. The van der Waals surface area contributed by atoms with Gasteiger partial charge in [-0.1, -0.05) is 136 Å². The van der Waals surface area contributed by atoms with Crippen molar-refractivity contribution in [3.05, 3.63) is 175 Å². The number of para-hydroxylation sites is 2. The predicted molar refractivity (Wildman–Crippen MR) is 222 cm³/mol. The molecule has 0 fully saturated rings. The summed E-state index contributed by atoms with van der Waals surface area (Å²) in [7, 11) is 0. The average Bonchev–Trinajstić information content (AvgIpc) is 3.74. The minimum Gasteiger partial charge on any atom is -0.358 e. The van der Waals surface area contributed by atoms with Gasteiger partial charge in [0, 0.05) is 28.4 Å². The van der Waals surface area contributed by atoms with Crippen molar-refractivity contribution in [3.63, 3.8) is 0 Å². The second-order valence-corrected chi connectivity index (χ2v) is 15.8. The van der Waals surface area contributed by atoms with Crippen LogP contribution in [0.1, 0.15) is 51.3 Å². The number of hydrogen-bond donors (Lipinski definition) is 0. The molecule has 9 aromatic rings.